The molecular weight excluding hydrogens is 176 g/mol. The van der Waals surface area contributed by atoms with E-state index in [1.165, 1.54) is 25.7 Å². The van der Waals surface area contributed by atoms with E-state index in [1.807, 2.05) is 0 Å². The fourth-order valence-corrected chi connectivity index (χ4v) is 2.10. The Morgan fingerprint density at radius 1 is 1.14 bits per heavy atom. The predicted molar refractivity (Wildman–Crippen MR) is 56.1 cm³/mol. The molecule has 0 aromatic rings. The summed E-state index contributed by atoms with van der Waals surface area (Å²) in [5, 5.41) is 5.95. The Balaban J connectivity index is 1.53. The van der Waals surface area contributed by atoms with Gasteiger partial charge < -0.3 is 10.6 Å². The molecule has 2 aliphatic carbocycles. The van der Waals surface area contributed by atoms with Crippen molar-refractivity contribution in [1.82, 2.24) is 10.6 Å². The highest BCUT2D eigenvalue weighted by Crippen LogP contribution is 2.31. The van der Waals surface area contributed by atoms with E-state index < -0.39 is 0 Å². The van der Waals surface area contributed by atoms with E-state index in [9.17, 15) is 4.79 Å². The molecule has 0 radical (unpaired) electrons. The molecule has 2 amide bonds. The summed E-state index contributed by atoms with van der Waals surface area (Å²) < 4.78 is 0. The number of carbonyl (C=O) groups excluding carboxylic acids is 1. The van der Waals surface area contributed by atoms with Crippen molar-refractivity contribution in [1.29, 1.82) is 0 Å². The van der Waals surface area contributed by atoms with Crippen LogP contribution in [0.15, 0.2) is 0 Å². The zero-order chi connectivity index (χ0) is 9.80. The first-order valence-corrected chi connectivity index (χ1v) is 5.89. The predicted octanol–water partition coefficient (Wildman–Crippen LogP) is 2.03. The zero-order valence-corrected chi connectivity index (χ0v) is 8.72. The van der Waals surface area contributed by atoms with E-state index in [1.54, 1.807) is 0 Å². The summed E-state index contributed by atoms with van der Waals surface area (Å²) in [6, 6.07) is 0.480. The van der Waals surface area contributed by atoms with E-state index in [0.717, 1.165) is 31.7 Å². The Labute approximate surface area is 85.6 Å². The van der Waals surface area contributed by atoms with Gasteiger partial charge in [-0.25, -0.2) is 4.79 Å². The van der Waals surface area contributed by atoms with Crippen molar-refractivity contribution < 1.29 is 4.79 Å². The summed E-state index contributed by atoms with van der Waals surface area (Å²) in [6.45, 7) is 0.850. The number of hydrogen-bond acceptors (Lipinski definition) is 1. The number of hydrogen-bond donors (Lipinski definition) is 2. The second-order valence-electron chi connectivity index (χ2n) is 4.61. The van der Waals surface area contributed by atoms with Gasteiger partial charge in [0.05, 0.1) is 0 Å². The van der Waals surface area contributed by atoms with Crippen molar-refractivity contribution >= 4 is 6.03 Å². The molecule has 0 heterocycles. The Morgan fingerprint density at radius 2 is 1.86 bits per heavy atom. The fraction of sp³-hybridized carbons (Fsp3) is 0.909. The molecular formula is C11H20N2O. The Morgan fingerprint density at radius 3 is 2.50 bits per heavy atom. The molecule has 80 valence electrons. The van der Waals surface area contributed by atoms with Crippen LogP contribution >= 0.6 is 0 Å². The molecule has 0 unspecified atom stereocenters. The summed E-state index contributed by atoms with van der Waals surface area (Å²) in [4.78, 5) is 11.4. The molecule has 2 saturated carbocycles. The van der Waals surface area contributed by atoms with Gasteiger partial charge in [-0.15, -0.1) is 0 Å². The van der Waals surface area contributed by atoms with E-state index in [0.29, 0.717) is 6.04 Å². The monoisotopic (exact) mass is 196 g/mol. The number of amides is 2. The third kappa shape index (κ3) is 3.20. The molecule has 3 nitrogen and oxygen atoms in total. The molecule has 3 heteroatoms. The number of urea groups is 1. The Bertz CT molecular complexity index is 195. The van der Waals surface area contributed by atoms with E-state index in [2.05, 4.69) is 10.6 Å². The Hall–Kier alpha value is -0.730. The van der Waals surface area contributed by atoms with Gasteiger partial charge in [0.2, 0.25) is 0 Å². The zero-order valence-electron chi connectivity index (χ0n) is 8.72. The van der Waals surface area contributed by atoms with Crippen molar-refractivity contribution in [2.24, 2.45) is 5.92 Å². The summed E-state index contributed by atoms with van der Waals surface area (Å²) in [7, 11) is 0. The van der Waals surface area contributed by atoms with Crippen LogP contribution in [-0.2, 0) is 0 Å². The molecule has 0 aliphatic heterocycles. The van der Waals surface area contributed by atoms with Crippen LogP contribution in [0.4, 0.5) is 4.79 Å². The van der Waals surface area contributed by atoms with Gasteiger partial charge in [0, 0.05) is 12.6 Å². The highest BCUT2D eigenvalue weighted by atomic mass is 16.2. The highest BCUT2D eigenvalue weighted by molar-refractivity contribution is 5.74. The maximum Gasteiger partial charge on any atom is 0.315 e. The average molecular weight is 196 g/mol. The lowest BCUT2D eigenvalue weighted by Gasteiger charge is -2.12. The first kappa shape index (κ1) is 9.81. The van der Waals surface area contributed by atoms with Crippen LogP contribution in [-0.4, -0.2) is 18.6 Å². The molecule has 2 fully saturated rings. The summed E-state index contributed by atoms with van der Waals surface area (Å²) in [5.41, 5.74) is 0. The molecule has 14 heavy (non-hydrogen) atoms. The van der Waals surface area contributed by atoms with Crippen LogP contribution < -0.4 is 10.6 Å². The standard InChI is InChI=1S/C11H20N2O/c14-11(12-8-7-9-5-6-9)13-10-3-1-2-4-10/h9-10H,1-8H2,(H2,12,13,14). The topological polar surface area (TPSA) is 41.1 Å². The Kier molecular flexibility index (Phi) is 3.27. The SMILES string of the molecule is O=C(NCCC1CC1)NC1CCCC1. The molecule has 0 aromatic carbocycles. The number of carbonyl (C=O) groups is 1. The number of nitrogens with one attached hydrogen (secondary N) is 2. The molecule has 0 saturated heterocycles. The van der Waals surface area contributed by atoms with Crippen LogP contribution in [0, 0.1) is 5.92 Å². The lowest BCUT2D eigenvalue weighted by molar-refractivity contribution is 0.237. The van der Waals surface area contributed by atoms with E-state index in [-0.39, 0.29) is 6.03 Å². The van der Waals surface area contributed by atoms with Crippen molar-refractivity contribution in [3.63, 3.8) is 0 Å². The molecule has 0 bridgehead atoms. The van der Waals surface area contributed by atoms with Crippen molar-refractivity contribution in [2.45, 2.75) is 51.0 Å². The normalized spacial score (nSPS) is 22.3. The highest BCUT2D eigenvalue weighted by Gasteiger charge is 2.21. The van der Waals surface area contributed by atoms with E-state index >= 15 is 0 Å². The van der Waals surface area contributed by atoms with Gasteiger partial charge in [-0.3, -0.25) is 0 Å². The maximum atomic E-state index is 11.4. The summed E-state index contributed by atoms with van der Waals surface area (Å²) in [5.74, 6) is 0.904. The van der Waals surface area contributed by atoms with Crippen LogP contribution in [0.5, 0.6) is 0 Å². The molecule has 0 spiro atoms. The van der Waals surface area contributed by atoms with Crippen LogP contribution in [0.3, 0.4) is 0 Å². The molecule has 2 aliphatic rings. The van der Waals surface area contributed by atoms with Gasteiger partial charge in [0.25, 0.3) is 0 Å². The summed E-state index contributed by atoms with van der Waals surface area (Å²) >= 11 is 0. The number of rotatable bonds is 4. The minimum Gasteiger partial charge on any atom is -0.338 e. The lowest BCUT2D eigenvalue weighted by Crippen LogP contribution is -2.41. The first-order valence-electron chi connectivity index (χ1n) is 5.89. The minimum atomic E-state index is 0.0394. The van der Waals surface area contributed by atoms with E-state index in [4.69, 9.17) is 0 Å². The van der Waals surface area contributed by atoms with Gasteiger partial charge in [0.1, 0.15) is 0 Å². The third-order valence-electron chi connectivity index (χ3n) is 3.23. The fourth-order valence-electron chi connectivity index (χ4n) is 2.10. The van der Waals surface area contributed by atoms with Crippen molar-refractivity contribution in [3.05, 3.63) is 0 Å². The molecule has 0 aromatic heterocycles. The molecule has 2 N–H and O–H groups in total. The minimum absolute atomic E-state index is 0.0394. The molecule has 2 rings (SSSR count). The summed E-state index contributed by atoms with van der Waals surface area (Å²) in [6.07, 6.45) is 8.77. The van der Waals surface area contributed by atoms with Crippen LogP contribution in [0.2, 0.25) is 0 Å². The van der Waals surface area contributed by atoms with Crippen LogP contribution in [0.1, 0.15) is 44.9 Å². The van der Waals surface area contributed by atoms with Crippen molar-refractivity contribution in [3.8, 4) is 0 Å². The van der Waals surface area contributed by atoms with Gasteiger partial charge in [-0.05, 0) is 25.2 Å². The van der Waals surface area contributed by atoms with Gasteiger partial charge in [-0.1, -0.05) is 25.7 Å². The van der Waals surface area contributed by atoms with Gasteiger partial charge in [-0.2, -0.15) is 0 Å². The van der Waals surface area contributed by atoms with Gasteiger partial charge in [0.15, 0.2) is 0 Å². The van der Waals surface area contributed by atoms with Crippen molar-refractivity contribution in [2.75, 3.05) is 6.54 Å². The second kappa shape index (κ2) is 4.67. The first-order chi connectivity index (χ1) is 6.84. The lowest BCUT2D eigenvalue weighted by atomic mass is 10.2. The maximum absolute atomic E-state index is 11.4. The third-order valence-corrected chi connectivity index (χ3v) is 3.23. The molecule has 0 atom stereocenters. The average Bonchev–Trinajstić information content (AvgIpc) is 2.83. The smallest absolute Gasteiger partial charge is 0.315 e. The second-order valence-corrected chi connectivity index (χ2v) is 4.61. The largest absolute Gasteiger partial charge is 0.338 e. The van der Waals surface area contributed by atoms with Gasteiger partial charge >= 0.3 is 6.03 Å². The van der Waals surface area contributed by atoms with Crippen LogP contribution in [0.25, 0.3) is 0 Å². The quantitative estimate of drug-likeness (QED) is 0.709.